The van der Waals surface area contributed by atoms with Gasteiger partial charge in [-0.15, -0.1) is 5.10 Å². The van der Waals surface area contributed by atoms with Crippen molar-refractivity contribution in [2.24, 2.45) is 0 Å². The molecule has 0 amide bonds. The predicted octanol–water partition coefficient (Wildman–Crippen LogP) is 3.03. The van der Waals surface area contributed by atoms with E-state index in [1.807, 2.05) is 4.68 Å². The fourth-order valence-corrected chi connectivity index (χ4v) is 2.21. The summed E-state index contributed by atoms with van der Waals surface area (Å²) in [4.78, 5) is 0. The van der Waals surface area contributed by atoms with Gasteiger partial charge in [0.25, 0.3) is 0 Å². The Hall–Kier alpha value is -0.130. The van der Waals surface area contributed by atoms with Crippen LogP contribution in [0.4, 0.5) is 0 Å². The first kappa shape index (κ1) is 11.9. The highest BCUT2D eigenvalue weighted by molar-refractivity contribution is 14.1. The number of aryl methyl sites for hydroxylation is 2. The van der Waals surface area contributed by atoms with Crippen molar-refractivity contribution >= 4 is 22.6 Å². The lowest BCUT2D eigenvalue weighted by Crippen LogP contribution is -2.03. The molecule has 0 aliphatic carbocycles. The third-order valence-corrected chi connectivity index (χ3v) is 3.48. The summed E-state index contributed by atoms with van der Waals surface area (Å²) < 4.78 is 3.23. The number of aromatic nitrogens is 3. The Kier molecular flexibility index (Phi) is 5.44. The topological polar surface area (TPSA) is 30.7 Å². The number of hydrogen-bond donors (Lipinski definition) is 0. The zero-order valence-corrected chi connectivity index (χ0v) is 11.1. The first-order chi connectivity index (χ1) is 6.79. The molecule has 0 fully saturated rings. The molecule has 0 aliphatic rings. The fourth-order valence-electron chi connectivity index (χ4n) is 1.39. The molecule has 1 rings (SSSR count). The third kappa shape index (κ3) is 3.22. The van der Waals surface area contributed by atoms with Crippen molar-refractivity contribution in [3.63, 3.8) is 0 Å². The number of hydrogen-bond acceptors (Lipinski definition) is 2. The molecular weight excluding hydrogens is 289 g/mol. The van der Waals surface area contributed by atoms with E-state index in [-0.39, 0.29) is 0 Å². The van der Waals surface area contributed by atoms with E-state index < -0.39 is 0 Å². The van der Waals surface area contributed by atoms with Crippen LogP contribution in [0.25, 0.3) is 0 Å². The number of nitrogens with zero attached hydrogens (tertiary/aromatic N) is 3. The molecule has 0 saturated carbocycles. The summed E-state index contributed by atoms with van der Waals surface area (Å²) in [7, 11) is 0. The summed E-state index contributed by atoms with van der Waals surface area (Å²) >= 11 is 2.34. The van der Waals surface area contributed by atoms with E-state index >= 15 is 0 Å². The molecule has 0 saturated heterocycles. The van der Waals surface area contributed by atoms with Crippen molar-refractivity contribution in [1.82, 2.24) is 15.0 Å². The molecule has 0 aromatic carbocycles. The first-order valence-corrected chi connectivity index (χ1v) is 6.45. The highest BCUT2D eigenvalue weighted by Crippen LogP contribution is 2.10. The first-order valence-electron chi connectivity index (χ1n) is 5.37. The molecule has 0 radical (unpaired) electrons. The van der Waals surface area contributed by atoms with Crippen LogP contribution in [0.2, 0.25) is 0 Å². The Morgan fingerprint density at radius 2 is 2.00 bits per heavy atom. The number of halogens is 1. The van der Waals surface area contributed by atoms with E-state index in [4.69, 9.17) is 0 Å². The molecule has 80 valence electrons. The molecule has 3 nitrogen and oxygen atoms in total. The highest BCUT2D eigenvalue weighted by Gasteiger charge is 2.06. The zero-order valence-electron chi connectivity index (χ0n) is 8.96. The zero-order chi connectivity index (χ0) is 10.4. The minimum Gasteiger partial charge on any atom is -0.239 e. The quantitative estimate of drug-likeness (QED) is 0.597. The van der Waals surface area contributed by atoms with Crippen molar-refractivity contribution in [3.05, 3.63) is 9.39 Å². The second kappa shape index (κ2) is 6.37. The maximum atomic E-state index is 4.14. The van der Waals surface area contributed by atoms with Crippen LogP contribution in [0, 0.1) is 3.70 Å². The predicted molar refractivity (Wildman–Crippen MR) is 66.3 cm³/mol. The average molecular weight is 307 g/mol. The molecule has 0 atom stereocenters. The highest BCUT2D eigenvalue weighted by atomic mass is 127. The SMILES string of the molecule is CCCCCCn1nnc(CC)c1I. The van der Waals surface area contributed by atoms with Gasteiger partial charge >= 0.3 is 0 Å². The van der Waals surface area contributed by atoms with Crippen molar-refractivity contribution in [3.8, 4) is 0 Å². The van der Waals surface area contributed by atoms with Gasteiger partial charge in [-0.05, 0) is 35.4 Å². The second-order valence-electron chi connectivity index (χ2n) is 3.46. The lowest BCUT2D eigenvalue weighted by Gasteiger charge is -2.01. The van der Waals surface area contributed by atoms with Crippen LogP contribution in [-0.4, -0.2) is 15.0 Å². The van der Waals surface area contributed by atoms with Crippen LogP contribution in [0.5, 0.6) is 0 Å². The Bertz CT molecular complexity index is 270. The van der Waals surface area contributed by atoms with Gasteiger partial charge in [0.2, 0.25) is 0 Å². The number of rotatable bonds is 6. The summed E-state index contributed by atoms with van der Waals surface area (Å²) in [6.45, 7) is 5.37. The van der Waals surface area contributed by atoms with Crippen molar-refractivity contribution < 1.29 is 0 Å². The van der Waals surface area contributed by atoms with Crippen molar-refractivity contribution in [1.29, 1.82) is 0 Å². The third-order valence-electron chi connectivity index (χ3n) is 2.30. The van der Waals surface area contributed by atoms with Gasteiger partial charge < -0.3 is 0 Å². The molecule has 0 unspecified atom stereocenters. The van der Waals surface area contributed by atoms with Gasteiger partial charge in [-0.1, -0.05) is 38.3 Å². The standard InChI is InChI=1S/C10H18IN3/c1-3-5-6-7-8-14-10(11)9(4-2)12-13-14/h3-8H2,1-2H3. The van der Waals surface area contributed by atoms with Crippen molar-refractivity contribution in [2.45, 2.75) is 52.5 Å². The summed E-state index contributed by atoms with van der Waals surface area (Å²) in [5, 5.41) is 8.28. The van der Waals surface area contributed by atoms with Gasteiger partial charge in [-0.25, -0.2) is 4.68 Å². The van der Waals surface area contributed by atoms with Gasteiger partial charge in [0.1, 0.15) is 3.70 Å². The smallest absolute Gasteiger partial charge is 0.122 e. The molecule has 0 spiro atoms. The molecule has 1 aromatic rings. The van der Waals surface area contributed by atoms with Crippen LogP contribution in [0.3, 0.4) is 0 Å². The molecule has 1 heterocycles. The summed E-state index contributed by atoms with van der Waals surface area (Å²) in [5.41, 5.74) is 1.13. The minimum absolute atomic E-state index is 0.979. The van der Waals surface area contributed by atoms with Gasteiger partial charge in [-0.3, -0.25) is 0 Å². The van der Waals surface area contributed by atoms with Gasteiger partial charge in [0.05, 0.1) is 5.69 Å². The Balaban J connectivity index is 2.39. The van der Waals surface area contributed by atoms with Crippen LogP contribution >= 0.6 is 22.6 Å². The Morgan fingerprint density at radius 3 is 2.57 bits per heavy atom. The lowest BCUT2D eigenvalue weighted by molar-refractivity contribution is 0.520. The van der Waals surface area contributed by atoms with Gasteiger partial charge in [0, 0.05) is 6.54 Å². The normalized spacial score (nSPS) is 10.8. The maximum absolute atomic E-state index is 4.14. The Labute approximate surface area is 99.4 Å². The molecule has 4 heteroatoms. The fraction of sp³-hybridized carbons (Fsp3) is 0.800. The summed E-state index contributed by atoms with van der Waals surface area (Å²) in [5.74, 6) is 0. The molecule has 0 N–H and O–H groups in total. The maximum Gasteiger partial charge on any atom is 0.122 e. The van der Waals surface area contributed by atoms with Crippen LogP contribution in [0.1, 0.15) is 45.2 Å². The monoisotopic (exact) mass is 307 g/mol. The molecule has 1 aromatic heterocycles. The van der Waals surface area contributed by atoms with E-state index in [0.717, 1.165) is 18.7 Å². The van der Waals surface area contributed by atoms with Crippen LogP contribution in [-0.2, 0) is 13.0 Å². The van der Waals surface area contributed by atoms with Crippen LogP contribution in [0.15, 0.2) is 0 Å². The summed E-state index contributed by atoms with van der Waals surface area (Å²) in [6, 6.07) is 0. The van der Waals surface area contributed by atoms with E-state index in [0.29, 0.717) is 0 Å². The van der Waals surface area contributed by atoms with Gasteiger partial charge in [-0.2, -0.15) is 0 Å². The number of unbranched alkanes of at least 4 members (excludes halogenated alkanes) is 3. The lowest BCUT2D eigenvalue weighted by atomic mass is 10.2. The summed E-state index contributed by atoms with van der Waals surface area (Å²) in [6.07, 6.45) is 6.11. The molecule has 0 bridgehead atoms. The molecule has 0 aliphatic heterocycles. The second-order valence-corrected chi connectivity index (χ2v) is 4.49. The van der Waals surface area contributed by atoms with Gasteiger partial charge in [0.15, 0.2) is 0 Å². The Morgan fingerprint density at radius 1 is 1.21 bits per heavy atom. The average Bonchev–Trinajstić information content (AvgIpc) is 2.55. The largest absolute Gasteiger partial charge is 0.239 e. The molecular formula is C10H18IN3. The van der Waals surface area contributed by atoms with E-state index in [1.165, 1.54) is 29.4 Å². The van der Waals surface area contributed by atoms with E-state index in [2.05, 4.69) is 46.8 Å². The van der Waals surface area contributed by atoms with Crippen LogP contribution < -0.4 is 0 Å². The van der Waals surface area contributed by atoms with E-state index in [9.17, 15) is 0 Å². The van der Waals surface area contributed by atoms with Crippen molar-refractivity contribution in [2.75, 3.05) is 0 Å². The molecule has 14 heavy (non-hydrogen) atoms. The van der Waals surface area contributed by atoms with E-state index in [1.54, 1.807) is 0 Å². The minimum atomic E-state index is 0.979.